The Bertz CT molecular complexity index is 568. The van der Waals surface area contributed by atoms with Crippen molar-refractivity contribution in [1.82, 2.24) is 4.98 Å². The van der Waals surface area contributed by atoms with Crippen molar-refractivity contribution in [1.29, 1.82) is 0 Å². The van der Waals surface area contributed by atoms with E-state index in [1.54, 1.807) is 4.90 Å². The summed E-state index contributed by atoms with van der Waals surface area (Å²) in [7, 11) is 1.48. The summed E-state index contributed by atoms with van der Waals surface area (Å²) in [5.74, 6) is -0.275. The zero-order valence-corrected chi connectivity index (χ0v) is 11.8. The number of amides is 1. The molecule has 1 aromatic rings. The van der Waals surface area contributed by atoms with Crippen molar-refractivity contribution in [3.05, 3.63) is 17.9 Å². The molecule has 0 spiro atoms. The van der Waals surface area contributed by atoms with Gasteiger partial charge in [0, 0.05) is 31.7 Å². The first-order valence-corrected chi connectivity index (χ1v) is 6.90. The fourth-order valence-corrected chi connectivity index (χ4v) is 3.26. The van der Waals surface area contributed by atoms with Crippen LogP contribution in [0.2, 0.25) is 0 Å². The number of hydrogen-bond donors (Lipinski definition) is 1. The minimum absolute atomic E-state index is 0.0313. The van der Waals surface area contributed by atoms with Crippen molar-refractivity contribution >= 4 is 11.7 Å². The van der Waals surface area contributed by atoms with E-state index in [4.69, 9.17) is 15.2 Å². The van der Waals surface area contributed by atoms with E-state index in [1.807, 2.05) is 0 Å². The van der Waals surface area contributed by atoms with Gasteiger partial charge in [0.05, 0.1) is 19.1 Å². The standard InChI is InChI=1S/C14H18FN3O3/c1-20-11-3-2-10(15)12(17-11)18-6-9-7-21-5-4-14(9,8-18)13(16)19/h2-3,9H,4-8H2,1H3,(H2,16,19)/t9-,14+/m1/s1. The van der Waals surface area contributed by atoms with Gasteiger partial charge in [0.1, 0.15) is 0 Å². The topological polar surface area (TPSA) is 77.7 Å². The van der Waals surface area contributed by atoms with Crippen LogP contribution in [0.5, 0.6) is 5.88 Å². The molecule has 0 aliphatic carbocycles. The number of hydrogen-bond acceptors (Lipinski definition) is 5. The van der Waals surface area contributed by atoms with Crippen LogP contribution < -0.4 is 15.4 Å². The minimum atomic E-state index is -0.657. The summed E-state index contributed by atoms with van der Waals surface area (Å²) in [4.78, 5) is 17.9. The van der Waals surface area contributed by atoms with Gasteiger partial charge in [-0.2, -0.15) is 4.98 Å². The quantitative estimate of drug-likeness (QED) is 0.881. The number of ether oxygens (including phenoxy) is 2. The predicted molar refractivity (Wildman–Crippen MR) is 73.5 cm³/mol. The van der Waals surface area contributed by atoms with Crippen molar-refractivity contribution < 1.29 is 18.7 Å². The number of pyridine rings is 1. The Morgan fingerprint density at radius 3 is 3.10 bits per heavy atom. The molecule has 0 radical (unpaired) electrons. The summed E-state index contributed by atoms with van der Waals surface area (Å²) in [6.07, 6.45) is 0.565. The van der Waals surface area contributed by atoms with Crippen molar-refractivity contribution in [2.45, 2.75) is 6.42 Å². The fourth-order valence-electron chi connectivity index (χ4n) is 3.26. The zero-order valence-electron chi connectivity index (χ0n) is 11.8. The van der Waals surface area contributed by atoms with E-state index in [1.165, 1.54) is 19.2 Å². The molecule has 6 nitrogen and oxygen atoms in total. The first-order chi connectivity index (χ1) is 10.1. The number of aromatic nitrogens is 1. The number of nitrogens with zero attached hydrogens (tertiary/aromatic N) is 2. The highest BCUT2D eigenvalue weighted by Gasteiger charge is 2.53. The number of carbonyl (C=O) groups is 1. The second kappa shape index (κ2) is 5.14. The lowest BCUT2D eigenvalue weighted by molar-refractivity contribution is -0.135. The lowest BCUT2D eigenvalue weighted by Gasteiger charge is -2.35. The van der Waals surface area contributed by atoms with E-state index in [0.29, 0.717) is 38.6 Å². The van der Waals surface area contributed by atoms with Gasteiger partial charge in [-0.05, 0) is 12.5 Å². The number of fused-ring (bicyclic) bond motifs is 1. The zero-order chi connectivity index (χ0) is 15.0. The molecule has 2 aliphatic rings. The molecular formula is C14H18FN3O3. The molecule has 21 heavy (non-hydrogen) atoms. The largest absolute Gasteiger partial charge is 0.481 e. The molecule has 2 aliphatic heterocycles. The van der Waals surface area contributed by atoms with E-state index in [0.717, 1.165) is 0 Å². The lowest BCUT2D eigenvalue weighted by Crippen LogP contribution is -2.48. The van der Waals surface area contributed by atoms with E-state index in [9.17, 15) is 9.18 Å². The third-order valence-corrected chi connectivity index (χ3v) is 4.51. The van der Waals surface area contributed by atoms with Crippen molar-refractivity contribution in [2.75, 3.05) is 38.3 Å². The average molecular weight is 295 g/mol. The van der Waals surface area contributed by atoms with Crippen molar-refractivity contribution in [2.24, 2.45) is 17.1 Å². The number of carbonyl (C=O) groups excluding carboxylic acids is 1. The molecule has 0 saturated carbocycles. The van der Waals surface area contributed by atoms with Crippen LogP contribution in [-0.4, -0.2) is 44.3 Å². The molecule has 0 aromatic carbocycles. The highest BCUT2D eigenvalue weighted by atomic mass is 19.1. The van der Waals surface area contributed by atoms with Crippen LogP contribution in [0.3, 0.4) is 0 Å². The monoisotopic (exact) mass is 295 g/mol. The highest BCUT2D eigenvalue weighted by Crippen LogP contribution is 2.43. The highest BCUT2D eigenvalue weighted by molar-refractivity contribution is 5.83. The molecule has 1 amide bonds. The van der Waals surface area contributed by atoms with Crippen LogP contribution in [-0.2, 0) is 9.53 Å². The third kappa shape index (κ3) is 2.21. The maximum atomic E-state index is 14.1. The molecule has 2 saturated heterocycles. The maximum Gasteiger partial charge on any atom is 0.225 e. The molecular weight excluding hydrogens is 277 g/mol. The Labute approximate surface area is 122 Å². The number of rotatable bonds is 3. The smallest absolute Gasteiger partial charge is 0.225 e. The van der Waals surface area contributed by atoms with Gasteiger partial charge >= 0.3 is 0 Å². The fraction of sp³-hybridized carbons (Fsp3) is 0.571. The van der Waals surface area contributed by atoms with Crippen LogP contribution >= 0.6 is 0 Å². The molecule has 114 valence electrons. The molecule has 0 unspecified atom stereocenters. The van der Waals surface area contributed by atoms with Crippen LogP contribution in [0.4, 0.5) is 10.2 Å². The van der Waals surface area contributed by atoms with Crippen molar-refractivity contribution in [3.63, 3.8) is 0 Å². The second-order valence-corrected chi connectivity index (χ2v) is 5.58. The Morgan fingerprint density at radius 2 is 2.43 bits per heavy atom. The van der Waals surface area contributed by atoms with Gasteiger partial charge in [-0.15, -0.1) is 0 Å². The molecule has 0 bridgehead atoms. The van der Waals surface area contributed by atoms with Gasteiger partial charge in [-0.3, -0.25) is 4.79 Å². The summed E-state index contributed by atoms with van der Waals surface area (Å²) < 4.78 is 24.5. The lowest BCUT2D eigenvalue weighted by atomic mass is 9.74. The van der Waals surface area contributed by atoms with Gasteiger partial charge in [-0.25, -0.2) is 4.39 Å². The molecule has 2 fully saturated rings. The normalized spacial score (nSPS) is 28.3. The summed E-state index contributed by atoms with van der Waals surface area (Å²) >= 11 is 0. The molecule has 3 heterocycles. The van der Waals surface area contributed by atoms with Gasteiger partial charge in [-0.1, -0.05) is 0 Å². The number of primary amides is 1. The van der Waals surface area contributed by atoms with Gasteiger partial charge < -0.3 is 20.1 Å². The van der Waals surface area contributed by atoms with Crippen LogP contribution in [0, 0.1) is 17.2 Å². The van der Waals surface area contributed by atoms with E-state index >= 15 is 0 Å². The Kier molecular flexibility index (Phi) is 3.44. The SMILES string of the molecule is COc1ccc(F)c(N2C[C@@H]3COCC[C@]3(C(N)=O)C2)n1. The van der Waals surface area contributed by atoms with E-state index < -0.39 is 11.2 Å². The summed E-state index contributed by atoms with van der Waals surface area (Å²) in [6.45, 7) is 1.83. The average Bonchev–Trinajstić information content (AvgIpc) is 2.88. The molecule has 1 aromatic heterocycles. The number of halogens is 1. The maximum absolute atomic E-state index is 14.1. The third-order valence-electron chi connectivity index (χ3n) is 4.51. The van der Waals surface area contributed by atoms with E-state index in [-0.39, 0.29) is 17.6 Å². The predicted octanol–water partition coefficient (Wildman–Crippen LogP) is 0.557. The van der Waals surface area contributed by atoms with E-state index in [2.05, 4.69) is 4.98 Å². The molecule has 7 heteroatoms. The van der Waals surface area contributed by atoms with Gasteiger partial charge in [0.25, 0.3) is 0 Å². The number of anilines is 1. The second-order valence-electron chi connectivity index (χ2n) is 5.58. The Hall–Kier alpha value is -1.89. The summed E-state index contributed by atoms with van der Waals surface area (Å²) in [5.41, 5.74) is 4.96. The number of nitrogens with two attached hydrogens (primary N) is 1. The van der Waals surface area contributed by atoms with Crippen molar-refractivity contribution in [3.8, 4) is 5.88 Å². The summed E-state index contributed by atoms with van der Waals surface area (Å²) in [6, 6.07) is 2.78. The Balaban J connectivity index is 1.93. The van der Waals surface area contributed by atoms with Crippen LogP contribution in [0.15, 0.2) is 12.1 Å². The molecule has 3 rings (SSSR count). The number of methoxy groups -OCH3 is 1. The minimum Gasteiger partial charge on any atom is -0.481 e. The van der Waals surface area contributed by atoms with Gasteiger partial charge in [0.2, 0.25) is 11.8 Å². The van der Waals surface area contributed by atoms with Gasteiger partial charge in [0.15, 0.2) is 11.6 Å². The Morgan fingerprint density at radius 1 is 1.62 bits per heavy atom. The first kappa shape index (κ1) is 14.1. The first-order valence-electron chi connectivity index (χ1n) is 6.90. The van der Waals surface area contributed by atoms with Crippen LogP contribution in [0.25, 0.3) is 0 Å². The van der Waals surface area contributed by atoms with Crippen LogP contribution in [0.1, 0.15) is 6.42 Å². The summed E-state index contributed by atoms with van der Waals surface area (Å²) in [5, 5.41) is 0. The molecule has 2 atom stereocenters. The molecule has 2 N–H and O–H groups in total.